The molecule has 1 N–H and O–H groups in total. The van der Waals surface area contributed by atoms with Gasteiger partial charge in [-0.05, 0) is 62.0 Å². The van der Waals surface area contributed by atoms with E-state index in [4.69, 9.17) is 0 Å². The van der Waals surface area contributed by atoms with Crippen molar-refractivity contribution in [1.29, 1.82) is 0 Å². The van der Waals surface area contributed by atoms with Crippen LogP contribution in [0.2, 0.25) is 0 Å². The van der Waals surface area contributed by atoms with Gasteiger partial charge in [0.2, 0.25) is 0 Å². The highest BCUT2D eigenvalue weighted by molar-refractivity contribution is 5.26. The van der Waals surface area contributed by atoms with Crippen molar-refractivity contribution in [2.24, 2.45) is 0 Å². The summed E-state index contributed by atoms with van der Waals surface area (Å²) in [4.78, 5) is 2.69. The largest absolute Gasteiger partial charge is 0.312 e. The number of nitrogens with one attached hydrogen (secondary N) is 1. The number of likely N-dealkylation sites (tertiary alicyclic amines) is 1. The summed E-state index contributed by atoms with van der Waals surface area (Å²) in [5.41, 5.74) is 2.70. The summed E-state index contributed by atoms with van der Waals surface area (Å²) in [7, 11) is 0. The Morgan fingerprint density at radius 1 is 1.04 bits per heavy atom. The summed E-state index contributed by atoms with van der Waals surface area (Å²) >= 11 is 0. The van der Waals surface area contributed by atoms with Gasteiger partial charge in [0, 0.05) is 24.5 Å². The fourth-order valence-electron chi connectivity index (χ4n) is 4.66. The Hall–Kier alpha value is -1.71. The van der Waals surface area contributed by atoms with E-state index in [2.05, 4.69) is 40.5 Å². The summed E-state index contributed by atoms with van der Waals surface area (Å²) in [6.07, 6.45) is 4.87. The SMILES string of the molecule is Fc1ccc([C@H]2CN[C@@H]3CCCN(CCCc4ccccc4)[C@H]23)cc1. The van der Waals surface area contributed by atoms with Crippen molar-refractivity contribution in [3.8, 4) is 0 Å². The molecule has 132 valence electrons. The van der Waals surface area contributed by atoms with E-state index in [9.17, 15) is 4.39 Å². The molecule has 2 aromatic rings. The monoisotopic (exact) mass is 338 g/mol. The highest BCUT2D eigenvalue weighted by Crippen LogP contribution is 2.35. The average molecular weight is 338 g/mol. The lowest BCUT2D eigenvalue weighted by atomic mass is 9.86. The number of piperidine rings is 1. The van der Waals surface area contributed by atoms with Crippen molar-refractivity contribution >= 4 is 0 Å². The molecule has 0 saturated carbocycles. The molecular weight excluding hydrogens is 311 g/mol. The first-order valence-electron chi connectivity index (χ1n) is 9.58. The molecular formula is C22H27FN2. The van der Waals surface area contributed by atoms with Gasteiger partial charge in [-0.15, -0.1) is 0 Å². The molecule has 0 radical (unpaired) electrons. The number of aryl methyl sites for hydroxylation is 1. The van der Waals surface area contributed by atoms with Crippen LogP contribution in [-0.4, -0.2) is 36.6 Å². The molecule has 2 fully saturated rings. The molecule has 0 bridgehead atoms. The molecule has 3 heteroatoms. The predicted molar refractivity (Wildman–Crippen MR) is 100 cm³/mol. The van der Waals surface area contributed by atoms with Crippen LogP contribution in [0.5, 0.6) is 0 Å². The molecule has 2 aliphatic rings. The zero-order valence-electron chi connectivity index (χ0n) is 14.7. The quantitative estimate of drug-likeness (QED) is 0.887. The van der Waals surface area contributed by atoms with Crippen LogP contribution >= 0.6 is 0 Å². The molecule has 0 unspecified atom stereocenters. The molecule has 4 rings (SSSR count). The molecule has 0 aliphatic carbocycles. The van der Waals surface area contributed by atoms with Crippen molar-refractivity contribution < 1.29 is 4.39 Å². The second kappa shape index (κ2) is 7.67. The summed E-state index contributed by atoms with van der Waals surface area (Å²) in [5, 5.41) is 3.72. The summed E-state index contributed by atoms with van der Waals surface area (Å²) < 4.78 is 13.3. The van der Waals surface area contributed by atoms with Crippen LogP contribution in [0.3, 0.4) is 0 Å². The Labute approximate surface area is 150 Å². The summed E-state index contributed by atoms with van der Waals surface area (Å²) in [6, 6.07) is 19.1. The van der Waals surface area contributed by atoms with E-state index in [-0.39, 0.29) is 5.82 Å². The Morgan fingerprint density at radius 2 is 1.84 bits per heavy atom. The van der Waals surface area contributed by atoms with E-state index < -0.39 is 0 Å². The van der Waals surface area contributed by atoms with E-state index in [0.29, 0.717) is 18.0 Å². The Balaban J connectivity index is 1.43. The van der Waals surface area contributed by atoms with Crippen molar-refractivity contribution in [3.63, 3.8) is 0 Å². The van der Waals surface area contributed by atoms with Crippen LogP contribution < -0.4 is 5.32 Å². The smallest absolute Gasteiger partial charge is 0.123 e. The first-order valence-corrected chi connectivity index (χ1v) is 9.58. The van der Waals surface area contributed by atoms with Gasteiger partial charge < -0.3 is 5.32 Å². The van der Waals surface area contributed by atoms with Crippen molar-refractivity contribution in [2.45, 2.75) is 43.7 Å². The number of nitrogens with zero attached hydrogens (tertiary/aromatic N) is 1. The molecule has 0 aromatic heterocycles. The summed E-state index contributed by atoms with van der Waals surface area (Å²) in [5.74, 6) is 0.331. The molecule has 0 spiro atoms. The van der Waals surface area contributed by atoms with Gasteiger partial charge >= 0.3 is 0 Å². The van der Waals surface area contributed by atoms with Crippen LogP contribution in [0.15, 0.2) is 54.6 Å². The third-order valence-corrected chi connectivity index (χ3v) is 5.86. The van der Waals surface area contributed by atoms with Crippen LogP contribution in [0, 0.1) is 5.82 Å². The van der Waals surface area contributed by atoms with Gasteiger partial charge in [-0.1, -0.05) is 42.5 Å². The lowest BCUT2D eigenvalue weighted by Crippen LogP contribution is -2.50. The number of benzene rings is 2. The minimum Gasteiger partial charge on any atom is -0.312 e. The number of hydrogen-bond acceptors (Lipinski definition) is 2. The van der Waals surface area contributed by atoms with E-state index in [1.54, 1.807) is 12.1 Å². The number of fused-ring (bicyclic) bond motifs is 1. The van der Waals surface area contributed by atoms with Crippen LogP contribution in [0.1, 0.15) is 36.3 Å². The normalized spacial score (nSPS) is 26.5. The number of halogens is 1. The molecule has 2 heterocycles. The molecule has 2 aliphatic heterocycles. The first kappa shape index (κ1) is 16.7. The topological polar surface area (TPSA) is 15.3 Å². The fourth-order valence-corrected chi connectivity index (χ4v) is 4.66. The number of hydrogen-bond donors (Lipinski definition) is 1. The maximum Gasteiger partial charge on any atom is 0.123 e. The highest BCUT2D eigenvalue weighted by atomic mass is 19.1. The van der Waals surface area contributed by atoms with Gasteiger partial charge in [0.15, 0.2) is 0 Å². The van der Waals surface area contributed by atoms with Crippen LogP contribution in [0.25, 0.3) is 0 Å². The van der Waals surface area contributed by atoms with E-state index in [1.165, 1.54) is 36.9 Å². The highest BCUT2D eigenvalue weighted by Gasteiger charge is 2.41. The zero-order valence-corrected chi connectivity index (χ0v) is 14.7. The van der Waals surface area contributed by atoms with Gasteiger partial charge in [-0.3, -0.25) is 4.90 Å². The van der Waals surface area contributed by atoms with Gasteiger partial charge in [-0.2, -0.15) is 0 Å². The minimum atomic E-state index is -0.144. The van der Waals surface area contributed by atoms with E-state index in [1.807, 2.05) is 12.1 Å². The third kappa shape index (κ3) is 3.78. The molecule has 3 atom stereocenters. The van der Waals surface area contributed by atoms with E-state index >= 15 is 0 Å². The van der Waals surface area contributed by atoms with Crippen LogP contribution in [-0.2, 0) is 6.42 Å². The predicted octanol–water partition coefficient (Wildman–Crippen LogP) is 3.98. The van der Waals surface area contributed by atoms with Gasteiger partial charge in [-0.25, -0.2) is 4.39 Å². The molecule has 25 heavy (non-hydrogen) atoms. The first-order chi connectivity index (χ1) is 12.3. The molecule has 0 amide bonds. The van der Waals surface area contributed by atoms with Gasteiger partial charge in [0.05, 0.1) is 0 Å². The standard InChI is InChI=1S/C22H27FN2/c23-19-12-10-18(11-13-19)20-16-24-21-9-5-15-25(22(20)21)14-4-8-17-6-2-1-3-7-17/h1-3,6-7,10-13,20-22,24H,4-5,8-9,14-16H2/t20-,21-,22-/m1/s1. The zero-order chi connectivity index (χ0) is 17.1. The van der Waals surface area contributed by atoms with Crippen molar-refractivity contribution in [3.05, 3.63) is 71.5 Å². The lowest BCUT2D eigenvalue weighted by Gasteiger charge is -2.40. The molecule has 2 aromatic carbocycles. The number of rotatable bonds is 5. The lowest BCUT2D eigenvalue weighted by molar-refractivity contribution is 0.126. The molecule has 2 saturated heterocycles. The Morgan fingerprint density at radius 3 is 2.64 bits per heavy atom. The Bertz CT molecular complexity index is 670. The second-order valence-corrected chi connectivity index (χ2v) is 7.43. The van der Waals surface area contributed by atoms with Crippen LogP contribution in [0.4, 0.5) is 4.39 Å². The van der Waals surface area contributed by atoms with Gasteiger partial charge in [0.1, 0.15) is 5.82 Å². The fraction of sp³-hybridized carbons (Fsp3) is 0.455. The van der Waals surface area contributed by atoms with Crippen molar-refractivity contribution in [1.82, 2.24) is 10.2 Å². The average Bonchev–Trinajstić information content (AvgIpc) is 3.08. The second-order valence-electron chi connectivity index (χ2n) is 7.43. The maximum atomic E-state index is 13.3. The molecule has 2 nitrogen and oxygen atoms in total. The van der Waals surface area contributed by atoms with Gasteiger partial charge in [0.25, 0.3) is 0 Å². The third-order valence-electron chi connectivity index (χ3n) is 5.86. The maximum absolute atomic E-state index is 13.3. The Kier molecular flexibility index (Phi) is 5.14. The van der Waals surface area contributed by atoms with E-state index in [0.717, 1.165) is 19.5 Å². The minimum absolute atomic E-state index is 0.144. The summed E-state index contributed by atoms with van der Waals surface area (Å²) in [6.45, 7) is 3.35. The van der Waals surface area contributed by atoms with Crippen molar-refractivity contribution in [2.75, 3.05) is 19.6 Å².